The SMILES string of the molecule is CN=C(NCc1ccc(CN2CCC(O)CC2)cc1)NCC(C)c1ccsc1.I. The van der Waals surface area contributed by atoms with Crippen LogP contribution in [-0.4, -0.2) is 48.8 Å². The molecule has 1 aliphatic rings. The van der Waals surface area contributed by atoms with Crippen LogP contribution >= 0.6 is 35.3 Å². The molecule has 0 amide bonds. The van der Waals surface area contributed by atoms with Crippen molar-refractivity contribution in [1.82, 2.24) is 15.5 Å². The number of guanidine groups is 1. The Hall–Kier alpha value is -1.16. The number of aliphatic hydroxyl groups is 1. The summed E-state index contributed by atoms with van der Waals surface area (Å²) in [6.45, 7) is 6.77. The average Bonchev–Trinajstić information content (AvgIpc) is 3.26. The van der Waals surface area contributed by atoms with Gasteiger partial charge in [0, 0.05) is 39.8 Å². The maximum Gasteiger partial charge on any atom is 0.191 e. The minimum absolute atomic E-state index is 0. The second-order valence-electron chi connectivity index (χ2n) is 7.59. The standard InChI is InChI=1S/C22H32N4OS.HI/c1-17(20-9-12-28-16-20)13-24-22(23-2)25-14-18-3-5-19(6-4-18)15-26-10-7-21(27)8-11-26;/h3-6,9,12,16-17,21,27H,7-8,10-11,13-15H2,1-2H3,(H2,23,24,25);1H. The summed E-state index contributed by atoms with van der Waals surface area (Å²) >= 11 is 1.74. The molecule has 0 aliphatic carbocycles. The number of aliphatic hydroxyl groups excluding tert-OH is 1. The smallest absolute Gasteiger partial charge is 0.191 e. The highest BCUT2D eigenvalue weighted by Crippen LogP contribution is 2.17. The monoisotopic (exact) mass is 528 g/mol. The number of thiophene rings is 1. The number of nitrogens with one attached hydrogen (secondary N) is 2. The summed E-state index contributed by atoms with van der Waals surface area (Å²) in [6.07, 6.45) is 1.67. The van der Waals surface area contributed by atoms with E-state index in [2.05, 4.69) is 68.5 Å². The summed E-state index contributed by atoms with van der Waals surface area (Å²) in [5.41, 5.74) is 3.94. The van der Waals surface area contributed by atoms with Crippen LogP contribution in [0.1, 0.15) is 42.4 Å². The van der Waals surface area contributed by atoms with Gasteiger partial charge < -0.3 is 15.7 Å². The van der Waals surface area contributed by atoms with E-state index in [0.29, 0.717) is 5.92 Å². The number of aliphatic imine (C=N–C) groups is 1. The van der Waals surface area contributed by atoms with Gasteiger partial charge in [-0.3, -0.25) is 9.89 Å². The molecule has 5 nitrogen and oxygen atoms in total. The molecule has 2 aromatic rings. The topological polar surface area (TPSA) is 59.9 Å². The molecule has 1 saturated heterocycles. The molecule has 160 valence electrons. The molecule has 3 rings (SSSR count). The van der Waals surface area contributed by atoms with Gasteiger partial charge in [0.05, 0.1) is 6.10 Å². The van der Waals surface area contributed by atoms with E-state index in [1.807, 2.05) is 7.05 Å². The molecule has 29 heavy (non-hydrogen) atoms. The van der Waals surface area contributed by atoms with E-state index in [-0.39, 0.29) is 30.1 Å². The van der Waals surface area contributed by atoms with Crippen LogP contribution in [0.15, 0.2) is 46.1 Å². The lowest BCUT2D eigenvalue weighted by molar-refractivity contribution is 0.0792. The van der Waals surface area contributed by atoms with Gasteiger partial charge in [0.2, 0.25) is 0 Å². The molecule has 7 heteroatoms. The molecule has 1 aromatic carbocycles. The molecule has 1 aromatic heterocycles. The molecule has 1 aliphatic heterocycles. The minimum atomic E-state index is -0.110. The number of piperidine rings is 1. The van der Waals surface area contributed by atoms with Crippen LogP contribution < -0.4 is 10.6 Å². The van der Waals surface area contributed by atoms with Crippen molar-refractivity contribution < 1.29 is 5.11 Å². The Bertz CT molecular complexity index is 728. The molecular weight excluding hydrogens is 495 g/mol. The Morgan fingerprint density at radius 2 is 1.86 bits per heavy atom. The maximum atomic E-state index is 9.62. The fourth-order valence-electron chi connectivity index (χ4n) is 3.43. The molecule has 0 spiro atoms. The largest absolute Gasteiger partial charge is 0.393 e. The first-order valence-corrected chi connectivity index (χ1v) is 11.0. The first-order valence-electron chi connectivity index (χ1n) is 10.1. The minimum Gasteiger partial charge on any atom is -0.393 e. The number of likely N-dealkylation sites (tertiary alicyclic amines) is 1. The van der Waals surface area contributed by atoms with Crippen LogP contribution in [0.2, 0.25) is 0 Å². The lowest BCUT2D eigenvalue weighted by atomic mass is 10.1. The van der Waals surface area contributed by atoms with Crippen LogP contribution in [0.25, 0.3) is 0 Å². The predicted molar refractivity (Wildman–Crippen MR) is 133 cm³/mol. The van der Waals surface area contributed by atoms with E-state index >= 15 is 0 Å². The molecule has 1 fully saturated rings. The number of hydrogen-bond donors (Lipinski definition) is 3. The van der Waals surface area contributed by atoms with Gasteiger partial charge in [0.1, 0.15) is 0 Å². The van der Waals surface area contributed by atoms with Crippen molar-refractivity contribution in [2.75, 3.05) is 26.7 Å². The molecule has 1 atom stereocenters. The molecule has 0 saturated carbocycles. The van der Waals surface area contributed by atoms with E-state index in [9.17, 15) is 5.11 Å². The Labute approximate surface area is 195 Å². The average molecular weight is 529 g/mol. The van der Waals surface area contributed by atoms with Gasteiger partial charge in [-0.15, -0.1) is 24.0 Å². The second kappa shape index (κ2) is 12.5. The quantitative estimate of drug-likeness (QED) is 0.291. The normalized spacial score (nSPS) is 16.9. The Kier molecular flexibility index (Phi) is 10.4. The van der Waals surface area contributed by atoms with Crippen LogP contribution in [0.3, 0.4) is 0 Å². The van der Waals surface area contributed by atoms with E-state index in [4.69, 9.17) is 0 Å². The fourth-order valence-corrected chi connectivity index (χ4v) is 4.21. The summed E-state index contributed by atoms with van der Waals surface area (Å²) < 4.78 is 0. The number of hydrogen-bond acceptors (Lipinski definition) is 4. The second-order valence-corrected chi connectivity index (χ2v) is 8.37. The fraction of sp³-hybridized carbons (Fsp3) is 0.500. The lowest BCUT2D eigenvalue weighted by Crippen LogP contribution is -2.38. The highest BCUT2D eigenvalue weighted by molar-refractivity contribution is 14.0. The molecule has 0 bridgehead atoms. The van der Waals surface area contributed by atoms with E-state index in [0.717, 1.165) is 51.5 Å². The lowest BCUT2D eigenvalue weighted by Gasteiger charge is -2.29. The third-order valence-electron chi connectivity index (χ3n) is 5.36. The summed E-state index contributed by atoms with van der Waals surface area (Å²) in [7, 11) is 1.81. The highest BCUT2D eigenvalue weighted by Gasteiger charge is 2.16. The van der Waals surface area contributed by atoms with Crippen molar-refractivity contribution >= 4 is 41.3 Å². The van der Waals surface area contributed by atoms with Gasteiger partial charge >= 0.3 is 0 Å². The van der Waals surface area contributed by atoms with E-state index < -0.39 is 0 Å². The summed E-state index contributed by atoms with van der Waals surface area (Å²) in [4.78, 5) is 6.74. The summed E-state index contributed by atoms with van der Waals surface area (Å²) in [5, 5.41) is 20.8. The van der Waals surface area contributed by atoms with Crippen LogP contribution in [0, 0.1) is 0 Å². The number of rotatable bonds is 7. The van der Waals surface area contributed by atoms with Crippen LogP contribution in [0.5, 0.6) is 0 Å². The summed E-state index contributed by atoms with van der Waals surface area (Å²) in [6, 6.07) is 11.0. The molecule has 2 heterocycles. The van der Waals surface area contributed by atoms with Crippen molar-refractivity contribution in [2.24, 2.45) is 4.99 Å². The number of halogens is 1. The third kappa shape index (κ3) is 7.88. The van der Waals surface area contributed by atoms with Gasteiger partial charge in [0.15, 0.2) is 5.96 Å². The van der Waals surface area contributed by atoms with Crippen LogP contribution in [0.4, 0.5) is 0 Å². The van der Waals surface area contributed by atoms with E-state index in [1.165, 1.54) is 16.7 Å². The van der Waals surface area contributed by atoms with Crippen molar-refractivity contribution in [3.8, 4) is 0 Å². The zero-order chi connectivity index (χ0) is 19.8. The molecule has 0 radical (unpaired) electrons. The Morgan fingerprint density at radius 1 is 1.17 bits per heavy atom. The van der Waals surface area contributed by atoms with Crippen molar-refractivity contribution in [1.29, 1.82) is 0 Å². The van der Waals surface area contributed by atoms with Gasteiger partial charge in [-0.25, -0.2) is 0 Å². The molecular formula is C22H33IN4OS. The van der Waals surface area contributed by atoms with Crippen molar-refractivity contribution in [3.05, 3.63) is 57.8 Å². The summed E-state index contributed by atoms with van der Waals surface area (Å²) in [5.74, 6) is 1.29. The number of nitrogens with zero attached hydrogens (tertiary/aromatic N) is 2. The van der Waals surface area contributed by atoms with Gasteiger partial charge in [0.25, 0.3) is 0 Å². The zero-order valence-corrected chi connectivity index (χ0v) is 20.5. The zero-order valence-electron chi connectivity index (χ0n) is 17.3. The van der Waals surface area contributed by atoms with Crippen molar-refractivity contribution in [3.63, 3.8) is 0 Å². The van der Waals surface area contributed by atoms with Gasteiger partial charge in [-0.1, -0.05) is 31.2 Å². The van der Waals surface area contributed by atoms with Crippen LogP contribution in [-0.2, 0) is 13.1 Å². The third-order valence-corrected chi connectivity index (χ3v) is 6.06. The Balaban J connectivity index is 0.00000300. The first kappa shape index (κ1) is 24.1. The van der Waals surface area contributed by atoms with E-state index in [1.54, 1.807) is 11.3 Å². The first-order chi connectivity index (χ1) is 13.6. The Morgan fingerprint density at radius 3 is 2.48 bits per heavy atom. The van der Waals surface area contributed by atoms with Gasteiger partial charge in [-0.2, -0.15) is 11.3 Å². The molecule has 3 N–H and O–H groups in total. The highest BCUT2D eigenvalue weighted by atomic mass is 127. The van der Waals surface area contributed by atoms with Gasteiger partial charge in [-0.05, 0) is 52.3 Å². The maximum absolute atomic E-state index is 9.62. The number of benzene rings is 1. The predicted octanol–water partition coefficient (Wildman–Crippen LogP) is 3.79. The van der Waals surface area contributed by atoms with Crippen molar-refractivity contribution in [2.45, 2.75) is 44.9 Å². The molecule has 1 unspecified atom stereocenters.